The molecule has 0 unspecified atom stereocenters. The number of fused-ring (bicyclic) bond motifs is 1. The van der Waals surface area contributed by atoms with Crippen LogP contribution in [0.15, 0.2) is 54.7 Å². The van der Waals surface area contributed by atoms with E-state index in [0.29, 0.717) is 41.1 Å². The minimum Gasteiger partial charge on any atom is -0.496 e. The first-order chi connectivity index (χ1) is 21.7. The molecule has 5 aromatic rings. The number of alkyl halides is 1. The first-order valence-electron chi connectivity index (χ1n) is 13.9. The average Bonchev–Trinajstić information content (AvgIpc) is 3.76. The fraction of sp³-hybridized carbons (Fsp3) is 0.250. The maximum absolute atomic E-state index is 15.5. The van der Waals surface area contributed by atoms with Crippen LogP contribution in [-0.2, 0) is 19.6 Å². The van der Waals surface area contributed by atoms with Crippen molar-refractivity contribution in [3.63, 3.8) is 0 Å². The molecule has 13 heteroatoms. The van der Waals surface area contributed by atoms with Crippen LogP contribution in [-0.4, -0.2) is 49.4 Å². The van der Waals surface area contributed by atoms with Crippen molar-refractivity contribution in [3.8, 4) is 29.1 Å². The summed E-state index contributed by atoms with van der Waals surface area (Å²) in [5, 5.41) is 18.5. The number of halogens is 3. The third kappa shape index (κ3) is 5.99. The Morgan fingerprint density at radius 1 is 1.07 bits per heavy atom. The Labute approximate surface area is 254 Å². The molecule has 3 heterocycles. The number of aromatic nitrogens is 5. The number of benzene rings is 2. The number of imidazole rings is 1. The first kappa shape index (κ1) is 29.6. The number of pyridine rings is 1. The van der Waals surface area contributed by atoms with Crippen molar-refractivity contribution in [1.29, 1.82) is 5.26 Å². The van der Waals surface area contributed by atoms with Gasteiger partial charge in [0.25, 0.3) is 0 Å². The van der Waals surface area contributed by atoms with E-state index in [4.69, 9.17) is 14.7 Å². The number of hydrogen-bond donors (Lipinski definition) is 1. The molecule has 1 aliphatic carbocycles. The topological polar surface area (TPSA) is 136 Å². The van der Waals surface area contributed by atoms with E-state index in [1.54, 1.807) is 22.8 Å². The first-order valence-corrected chi connectivity index (χ1v) is 13.9. The highest BCUT2D eigenvalue weighted by Gasteiger charge is 2.44. The van der Waals surface area contributed by atoms with Crippen molar-refractivity contribution in [2.75, 3.05) is 13.8 Å². The van der Waals surface area contributed by atoms with Gasteiger partial charge in [-0.3, -0.25) is 4.39 Å². The van der Waals surface area contributed by atoms with E-state index in [-0.39, 0.29) is 53.7 Å². The molecular formula is C32H25F3N6O4. The summed E-state index contributed by atoms with van der Waals surface area (Å²) in [6.07, 6.45) is 2.50. The van der Waals surface area contributed by atoms with Crippen LogP contribution in [0.5, 0.6) is 11.8 Å². The van der Waals surface area contributed by atoms with Gasteiger partial charge in [0.05, 0.1) is 31.1 Å². The predicted octanol–water partition coefficient (Wildman–Crippen LogP) is 5.66. The second kappa shape index (κ2) is 11.9. The van der Waals surface area contributed by atoms with Crippen LogP contribution in [0.3, 0.4) is 0 Å². The Morgan fingerprint density at radius 3 is 2.60 bits per heavy atom. The number of aromatic carboxylic acids is 1. The van der Waals surface area contributed by atoms with Crippen LogP contribution >= 0.6 is 0 Å². The molecule has 0 aliphatic heterocycles. The number of methoxy groups -OCH3 is 1. The van der Waals surface area contributed by atoms with Gasteiger partial charge in [0.2, 0.25) is 0 Å². The lowest BCUT2D eigenvalue weighted by atomic mass is 10.0. The molecule has 1 N–H and O–H groups in total. The number of rotatable bonds is 11. The highest BCUT2D eigenvalue weighted by molar-refractivity contribution is 5.88. The number of ether oxygens (including phenoxy) is 2. The summed E-state index contributed by atoms with van der Waals surface area (Å²) >= 11 is 0. The lowest BCUT2D eigenvalue weighted by molar-refractivity contribution is 0.0690. The third-order valence-electron chi connectivity index (χ3n) is 7.79. The minimum atomic E-state index is -1.23. The van der Waals surface area contributed by atoms with Gasteiger partial charge in [0.15, 0.2) is 11.3 Å². The molecule has 0 saturated heterocycles. The maximum Gasteiger partial charge on any atom is 0.354 e. The predicted molar refractivity (Wildman–Crippen MR) is 154 cm³/mol. The lowest BCUT2D eigenvalue weighted by Gasteiger charge is -2.15. The van der Waals surface area contributed by atoms with Gasteiger partial charge < -0.3 is 19.1 Å². The molecule has 0 bridgehead atoms. The summed E-state index contributed by atoms with van der Waals surface area (Å²) in [5.74, 6) is -1.95. The van der Waals surface area contributed by atoms with Gasteiger partial charge in [-0.25, -0.2) is 28.5 Å². The Morgan fingerprint density at radius 2 is 1.89 bits per heavy atom. The van der Waals surface area contributed by atoms with Crippen molar-refractivity contribution < 1.29 is 32.5 Å². The van der Waals surface area contributed by atoms with Crippen LogP contribution in [0.1, 0.15) is 45.8 Å². The minimum absolute atomic E-state index is 0.00161. The van der Waals surface area contributed by atoms with E-state index >= 15 is 8.78 Å². The van der Waals surface area contributed by atoms with E-state index in [2.05, 4.69) is 19.9 Å². The second-order valence-corrected chi connectivity index (χ2v) is 10.8. The van der Waals surface area contributed by atoms with E-state index in [1.165, 1.54) is 31.5 Å². The molecule has 2 aromatic carbocycles. The quantitative estimate of drug-likeness (QED) is 0.200. The molecule has 45 heavy (non-hydrogen) atoms. The lowest BCUT2D eigenvalue weighted by Crippen LogP contribution is -2.17. The van der Waals surface area contributed by atoms with Gasteiger partial charge in [0.1, 0.15) is 35.3 Å². The molecule has 228 valence electrons. The van der Waals surface area contributed by atoms with Crippen LogP contribution < -0.4 is 9.47 Å². The van der Waals surface area contributed by atoms with Crippen LogP contribution in [0.2, 0.25) is 0 Å². The third-order valence-corrected chi connectivity index (χ3v) is 7.79. The van der Waals surface area contributed by atoms with Crippen molar-refractivity contribution in [2.24, 2.45) is 5.41 Å². The van der Waals surface area contributed by atoms with E-state index < -0.39 is 29.7 Å². The van der Waals surface area contributed by atoms with E-state index in [0.717, 1.165) is 12.1 Å². The highest BCUT2D eigenvalue weighted by atomic mass is 19.1. The molecule has 3 aromatic heterocycles. The number of hydrogen-bond acceptors (Lipinski definition) is 8. The summed E-state index contributed by atoms with van der Waals surface area (Å²) in [6, 6.07) is 13.1. The van der Waals surface area contributed by atoms with Gasteiger partial charge in [-0.1, -0.05) is 6.07 Å². The molecule has 0 atom stereocenters. The van der Waals surface area contributed by atoms with Crippen LogP contribution in [0.25, 0.3) is 22.4 Å². The Balaban J connectivity index is 1.27. The number of carbonyl (C=O) groups is 1. The standard InChI is InChI=1S/C32H25F3N6O4/c1-44-27-10-18(14-36)2-3-19(27)15-45-31-37-9-6-24(40-31)21-13-22(34)20(11-23(21)35)12-28-38-25-4-5-26(30(42)43)39-29(25)41(28)17-32(16-33)7-8-32/h2-6,9-11,13H,7-8,12,15-17H2,1H3,(H,42,43). The normalized spacial score (nSPS) is 13.4. The summed E-state index contributed by atoms with van der Waals surface area (Å²) in [7, 11) is 1.47. The zero-order chi connectivity index (χ0) is 31.7. The monoisotopic (exact) mass is 614 g/mol. The van der Waals surface area contributed by atoms with Gasteiger partial charge in [-0.15, -0.1) is 0 Å². The Hall–Kier alpha value is -5.51. The SMILES string of the molecule is COc1cc(C#N)ccc1COc1nccc(-c2cc(F)c(Cc3nc4ccc(C(=O)O)nc4n3CC3(CF)CC3)cc2F)n1. The fourth-order valence-electron chi connectivity index (χ4n) is 5.04. The summed E-state index contributed by atoms with van der Waals surface area (Å²) in [4.78, 5) is 28.6. The number of carboxylic acids is 1. The molecule has 0 radical (unpaired) electrons. The largest absolute Gasteiger partial charge is 0.496 e. The molecule has 0 spiro atoms. The summed E-state index contributed by atoms with van der Waals surface area (Å²) < 4.78 is 57.5. The molecule has 1 fully saturated rings. The van der Waals surface area contributed by atoms with Gasteiger partial charge in [0, 0.05) is 35.7 Å². The van der Waals surface area contributed by atoms with Crippen molar-refractivity contribution >= 4 is 17.1 Å². The highest BCUT2D eigenvalue weighted by Crippen LogP contribution is 2.48. The zero-order valence-corrected chi connectivity index (χ0v) is 23.9. The van der Waals surface area contributed by atoms with Gasteiger partial charge in [-0.2, -0.15) is 10.2 Å². The fourth-order valence-corrected chi connectivity index (χ4v) is 5.04. The zero-order valence-electron chi connectivity index (χ0n) is 23.9. The van der Waals surface area contributed by atoms with Crippen molar-refractivity contribution in [3.05, 3.63) is 94.6 Å². The van der Waals surface area contributed by atoms with Crippen molar-refractivity contribution in [2.45, 2.75) is 32.4 Å². The van der Waals surface area contributed by atoms with Crippen molar-refractivity contribution in [1.82, 2.24) is 24.5 Å². The number of nitriles is 1. The molecular weight excluding hydrogens is 589 g/mol. The van der Waals surface area contributed by atoms with Gasteiger partial charge >= 0.3 is 12.0 Å². The summed E-state index contributed by atoms with van der Waals surface area (Å²) in [5.41, 5.74) is 0.814. The average molecular weight is 615 g/mol. The Kier molecular flexibility index (Phi) is 7.80. The molecule has 10 nitrogen and oxygen atoms in total. The molecule has 0 amide bonds. The van der Waals surface area contributed by atoms with Crippen LogP contribution in [0, 0.1) is 28.4 Å². The van der Waals surface area contributed by atoms with E-state index in [9.17, 15) is 14.3 Å². The number of nitrogens with zero attached hydrogens (tertiary/aromatic N) is 6. The smallest absolute Gasteiger partial charge is 0.354 e. The molecule has 1 saturated carbocycles. The second-order valence-electron chi connectivity index (χ2n) is 10.8. The Bertz CT molecular complexity index is 1990. The molecule has 6 rings (SSSR count). The summed E-state index contributed by atoms with van der Waals surface area (Å²) in [6.45, 7) is -0.388. The maximum atomic E-state index is 15.5. The number of carboxylic acid groups (broad SMARTS) is 1. The molecule has 1 aliphatic rings. The van der Waals surface area contributed by atoms with Gasteiger partial charge in [-0.05, 0) is 60.9 Å². The van der Waals surface area contributed by atoms with Crippen LogP contribution in [0.4, 0.5) is 13.2 Å². The van der Waals surface area contributed by atoms with E-state index in [1.807, 2.05) is 6.07 Å².